The zero-order valence-electron chi connectivity index (χ0n) is 9.36. The molecule has 1 aromatic heterocycles. The Balaban J connectivity index is 2.05. The Labute approximate surface area is 94.8 Å². The Bertz CT molecular complexity index is 335. The van der Waals surface area contributed by atoms with Crippen LogP contribution in [0.3, 0.4) is 0 Å². The van der Waals surface area contributed by atoms with Gasteiger partial charge in [-0.15, -0.1) is 11.3 Å². The van der Waals surface area contributed by atoms with E-state index in [2.05, 4.69) is 15.3 Å². The van der Waals surface area contributed by atoms with Gasteiger partial charge in [-0.3, -0.25) is 0 Å². The van der Waals surface area contributed by atoms with E-state index in [-0.39, 0.29) is 0 Å². The first-order valence-corrected chi connectivity index (χ1v) is 6.34. The van der Waals surface area contributed by atoms with E-state index in [9.17, 15) is 5.11 Å². The van der Waals surface area contributed by atoms with Gasteiger partial charge in [0.15, 0.2) is 5.13 Å². The van der Waals surface area contributed by atoms with Crippen LogP contribution in [-0.4, -0.2) is 28.8 Å². The lowest BCUT2D eigenvalue weighted by Crippen LogP contribution is -2.28. The van der Waals surface area contributed by atoms with Gasteiger partial charge in [0, 0.05) is 18.5 Å². The molecule has 3 nitrogen and oxygen atoms in total. The van der Waals surface area contributed by atoms with Gasteiger partial charge < -0.3 is 10.0 Å². The highest BCUT2D eigenvalue weighted by atomic mass is 32.1. The fourth-order valence-electron chi connectivity index (χ4n) is 1.94. The number of nitrogens with zero attached hydrogens (tertiary/aromatic N) is 2. The lowest BCUT2D eigenvalue weighted by Gasteiger charge is -2.21. The summed E-state index contributed by atoms with van der Waals surface area (Å²) in [4.78, 5) is 6.78. The Hall–Kier alpha value is -0.610. The molecule has 1 atom stereocenters. The highest BCUT2D eigenvalue weighted by Gasteiger charge is 2.25. The minimum Gasteiger partial charge on any atom is -0.390 e. The Morgan fingerprint density at radius 3 is 2.93 bits per heavy atom. The molecule has 0 aromatic carbocycles. The second-order valence-electron chi connectivity index (χ2n) is 4.61. The van der Waals surface area contributed by atoms with Crippen molar-refractivity contribution in [1.82, 2.24) is 4.98 Å². The molecule has 1 aliphatic rings. The summed E-state index contributed by atoms with van der Waals surface area (Å²) in [6.45, 7) is 5.89. The number of thiazole rings is 1. The van der Waals surface area contributed by atoms with Crippen LogP contribution in [0.4, 0.5) is 5.13 Å². The van der Waals surface area contributed by atoms with Crippen molar-refractivity contribution in [1.29, 1.82) is 0 Å². The summed E-state index contributed by atoms with van der Waals surface area (Å²) >= 11 is 1.70. The third kappa shape index (κ3) is 2.69. The topological polar surface area (TPSA) is 36.4 Å². The van der Waals surface area contributed by atoms with E-state index < -0.39 is 5.60 Å². The lowest BCUT2D eigenvalue weighted by molar-refractivity contribution is 0.0481. The largest absolute Gasteiger partial charge is 0.390 e. The highest BCUT2D eigenvalue weighted by Crippen LogP contribution is 2.27. The van der Waals surface area contributed by atoms with Crippen LogP contribution in [0.25, 0.3) is 0 Å². The first-order valence-electron chi connectivity index (χ1n) is 5.46. The molecule has 1 unspecified atom stereocenters. The zero-order valence-corrected chi connectivity index (χ0v) is 10.2. The molecule has 0 aliphatic carbocycles. The van der Waals surface area contributed by atoms with Crippen LogP contribution in [0.2, 0.25) is 0 Å². The third-order valence-corrected chi connectivity index (χ3v) is 3.96. The van der Waals surface area contributed by atoms with E-state index in [1.807, 2.05) is 13.8 Å². The van der Waals surface area contributed by atoms with Crippen molar-refractivity contribution < 1.29 is 5.11 Å². The maximum Gasteiger partial charge on any atom is 0.185 e. The summed E-state index contributed by atoms with van der Waals surface area (Å²) in [6.07, 6.45) is 2.78. The number of rotatable bonds is 1. The monoisotopic (exact) mass is 226 g/mol. The van der Waals surface area contributed by atoms with Crippen molar-refractivity contribution in [2.75, 3.05) is 18.0 Å². The number of hydrogen-bond donors (Lipinski definition) is 1. The van der Waals surface area contributed by atoms with Gasteiger partial charge in [0.2, 0.25) is 0 Å². The summed E-state index contributed by atoms with van der Waals surface area (Å²) < 4.78 is 0. The van der Waals surface area contributed by atoms with Gasteiger partial charge in [-0.2, -0.15) is 0 Å². The number of aromatic nitrogens is 1. The molecule has 1 aliphatic heterocycles. The predicted octanol–water partition coefficient (Wildman–Crippen LogP) is 2.19. The quantitative estimate of drug-likeness (QED) is 0.797. The van der Waals surface area contributed by atoms with E-state index in [0.717, 1.165) is 43.2 Å². The fraction of sp³-hybridized carbons (Fsp3) is 0.727. The minimum absolute atomic E-state index is 0.485. The van der Waals surface area contributed by atoms with Crippen molar-refractivity contribution in [2.24, 2.45) is 0 Å². The molecule has 15 heavy (non-hydrogen) atoms. The van der Waals surface area contributed by atoms with E-state index in [1.54, 1.807) is 11.3 Å². The smallest absolute Gasteiger partial charge is 0.185 e. The molecule has 0 radical (unpaired) electrons. The van der Waals surface area contributed by atoms with Gasteiger partial charge in [-0.1, -0.05) is 0 Å². The number of hydrogen-bond acceptors (Lipinski definition) is 4. The number of aryl methyl sites for hydroxylation is 1. The van der Waals surface area contributed by atoms with Gasteiger partial charge in [0.05, 0.1) is 11.3 Å². The van der Waals surface area contributed by atoms with Crippen LogP contribution in [-0.2, 0) is 0 Å². The van der Waals surface area contributed by atoms with E-state index in [1.165, 1.54) is 0 Å². The molecule has 1 N–H and O–H groups in total. The van der Waals surface area contributed by atoms with Crippen LogP contribution < -0.4 is 4.90 Å². The Kier molecular flexibility index (Phi) is 2.98. The molecular weight excluding hydrogens is 208 g/mol. The predicted molar refractivity (Wildman–Crippen MR) is 63.5 cm³/mol. The summed E-state index contributed by atoms with van der Waals surface area (Å²) in [5, 5.41) is 13.2. The summed E-state index contributed by atoms with van der Waals surface area (Å²) in [5.41, 5.74) is 0.604. The van der Waals surface area contributed by atoms with Crippen LogP contribution in [0.1, 0.15) is 31.9 Å². The molecule has 2 heterocycles. The van der Waals surface area contributed by atoms with E-state index in [4.69, 9.17) is 0 Å². The molecule has 0 amide bonds. The van der Waals surface area contributed by atoms with Crippen LogP contribution >= 0.6 is 11.3 Å². The van der Waals surface area contributed by atoms with Crippen molar-refractivity contribution in [2.45, 2.75) is 38.7 Å². The maximum absolute atomic E-state index is 9.98. The van der Waals surface area contributed by atoms with Crippen LogP contribution in [0.5, 0.6) is 0 Å². The maximum atomic E-state index is 9.98. The minimum atomic E-state index is -0.485. The molecule has 84 valence electrons. The average molecular weight is 226 g/mol. The summed E-state index contributed by atoms with van der Waals surface area (Å²) in [5.74, 6) is 0. The lowest BCUT2D eigenvalue weighted by atomic mass is 9.98. The second-order valence-corrected chi connectivity index (χ2v) is 5.45. The van der Waals surface area contributed by atoms with Gasteiger partial charge >= 0.3 is 0 Å². The number of aliphatic hydroxyl groups is 1. The summed E-state index contributed by atoms with van der Waals surface area (Å²) in [6, 6.07) is 0. The molecule has 2 rings (SSSR count). The van der Waals surface area contributed by atoms with E-state index in [0.29, 0.717) is 0 Å². The van der Waals surface area contributed by atoms with Gasteiger partial charge in [-0.25, -0.2) is 4.98 Å². The summed E-state index contributed by atoms with van der Waals surface area (Å²) in [7, 11) is 0. The van der Waals surface area contributed by atoms with Crippen molar-refractivity contribution >= 4 is 16.5 Å². The standard InChI is InChI=1S/C11H18N2OS/c1-9-8-15-10(12-9)13-6-3-4-11(2,14)5-7-13/h8,14H,3-7H2,1-2H3. The SMILES string of the molecule is Cc1csc(N2CCCC(C)(O)CC2)n1. The molecule has 1 aromatic rings. The third-order valence-electron chi connectivity index (χ3n) is 2.94. The van der Waals surface area contributed by atoms with Crippen molar-refractivity contribution in [3.63, 3.8) is 0 Å². The first-order chi connectivity index (χ1) is 7.07. The van der Waals surface area contributed by atoms with Gasteiger partial charge in [0.25, 0.3) is 0 Å². The Morgan fingerprint density at radius 1 is 1.47 bits per heavy atom. The van der Waals surface area contributed by atoms with Crippen LogP contribution in [0, 0.1) is 6.92 Å². The fourth-order valence-corrected chi connectivity index (χ4v) is 2.80. The van der Waals surface area contributed by atoms with Gasteiger partial charge in [-0.05, 0) is 33.1 Å². The van der Waals surface area contributed by atoms with Crippen molar-refractivity contribution in [3.05, 3.63) is 11.1 Å². The normalized spacial score (nSPS) is 27.8. The van der Waals surface area contributed by atoms with Crippen LogP contribution in [0.15, 0.2) is 5.38 Å². The van der Waals surface area contributed by atoms with E-state index >= 15 is 0 Å². The molecule has 1 fully saturated rings. The zero-order chi connectivity index (χ0) is 10.9. The van der Waals surface area contributed by atoms with Crippen molar-refractivity contribution in [3.8, 4) is 0 Å². The molecular formula is C11H18N2OS. The Morgan fingerprint density at radius 2 is 2.27 bits per heavy atom. The van der Waals surface area contributed by atoms with Gasteiger partial charge in [0.1, 0.15) is 0 Å². The molecule has 0 saturated carbocycles. The molecule has 4 heteroatoms. The average Bonchev–Trinajstić information content (AvgIpc) is 2.49. The highest BCUT2D eigenvalue weighted by molar-refractivity contribution is 7.13. The molecule has 0 bridgehead atoms. The first kappa shape index (κ1) is 10.9. The number of anilines is 1. The molecule has 0 spiro atoms. The molecule has 1 saturated heterocycles. The second kappa shape index (κ2) is 4.10.